The molecule has 19 heavy (non-hydrogen) atoms. The molecule has 102 valence electrons. The van der Waals surface area contributed by atoms with E-state index in [1.807, 2.05) is 6.92 Å². The fraction of sp³-hybridized carbons (Fsp3) is 0.455. The number of hydrogen-bond acceptors (Lipinski definition) is 5. The van der Waals surface area contributed by atoms with Crippen molar-refractivity contribution in [3.05, 3.63) is 33.1 Å². The molecule has 1 aliphatic rings. The largest absolute Gasteiger partial charge is 0.333 e. The van der Waals surface area contributed by atoms with Gasteiger partial charge in [-0.15, -0.1) is 0 Å². The number of pyridine rings is 1. The smallest absolute Gasteiger partial charge is 0.300 e. The summed E-state index contributed by atoms with van der Waals surface area (Å²) in [5.74, 6) is -0.384. The number of aromatic nitrogens is 1. The minimum atomic E-state index is -0.622. The second kappa shape index (κ2) is 5.50. The van der Waals surface area contributed by atoms with Gasteiger partial charge in [0.2, 0.25) is 0 Å². The van der Waals surface area contributed by atoms with Crippen molar-refractivity contribution < 1.29 is 9.72 Å². The standard InChI is InChI=1S/C11H13ClN4O3/c1-7-5-13-2-3-15(7)11(17)8-4-10(12)14-6-9(8)16(18)19/h4,6-7,13H,2-3,5H2,1H3/t7-/m0/s1. The van der Waals surface area contributed by atoms with Crippen molar-refractivity contribution in [3.8, 4) is 0 Å². The molecule has 1 atom stereocenters. The molecule has 0 unspecified atom stereocenters. The predicted molar refractivity (Wildman–Crippen MR) is 69.3 cm³/mol. The Hall–Kier alpha value is -1.73. The van der Waals surface area contributed by atoms with Gasteiger partial charge in [-0.25, -0.2) is 4.98 Å². The van der Waals surface area contributed by atoms with Crippen molar-refractivity contribution in [1.29, 1.82) is 0 Å². The van der Waals surface area contributed by atoms with Gasteiger partial charge in [0.05, 0.1) is 4.92 Å². The molecule has 1 aromatic rings. The van der Waals surface area contributed by atoms with E-state index in [4.69, 9.17) is 11.6 Å². The summed E-state index contributed by atoms with van der Waals surface area (Å²) in [7, 11) is 0. The first-order chi connectivity index (χ1) is 9.00. The summed E-state index contributed by atoms with van der Waals surface area (Å²) in [4.78, 5) is 28.0. The molecule has 0 aromatic carbocycles. The molecular formula is C11H13ClN4O3. The molecule has 1 aromatic heterocycles. The lowest BCUT2D eigenvalue weighted by atomic mass is 10.1. The van der Waals surface area contributed by atoms with Crippen LogP contribution in [-0.4, -0.2) is 46.4 Å². The second-order valence-electron chi connectivity index (χ2n) is 4.33. The zero-order valence-corrected chi connectivity index (χ0v) is 11.1. The maximum Gasteiger partial charge on any atom is 0.300 e. The number of nitrogens with one attached hydrogen (secondary N) is 1. The van der Waals surface area contributed by atoms with Gasteiger partial charge in [0.25, 0.3) is 11.6 Å². The van der Waals surface area contributed by atoms with Crippen molar-refractivity contribution in [2.24, 2.45) is 0 Å². The second-order valence-corrected chi connectivity index (χ2v) is 4.72. The zero-order chi connectivity index (χ0) is 14.0. The van der Waals surface area contributed by atoms with Gasteiger partial charge in [-0.05, 0) is 13.0 Å². The van der Waals surface area contributed by atoms with Crippen LogP contribution in [0.3, 0.4) is 0 Å². The molecule has 1 N–H and O–H groups in total. The summed E-state index contributed by atoms with van der Waals surface area (Å²) in [5.41, 5.74) is -0.334. The Balaban J connectivity index is 2.37. The van der Waals surface area contributed by atoms with Crippen molar-refractivity contribution in [1.82, 2.24) is 15.2 Å². The van der Waals surface area contributed by atoms with Gasteiger partial charge in [0.1, 0.15) is 16.9 Å². The Bertz CT molecular complexity index is 523. The van der Waals surface area contributed by atoms with Crippen molar-refractivity contribution >= 4 is 23.2 Å². The average molecular weight is 285 g/mol. The molecule has 1 amide bonds. The predicted octanol–water partition coefficient (Wildman–Crippen LogP) is 1.08. The van der Waals surface area contributed by atoms with E-state index in [1.165, 1.54) is 6.07 Å². The number of carbonyl (C=O) groups is 1. The highest BCUT2D eigenvalue weighted by molar-refractivity contribution is 6.29. The number of carbonyl (C=O) groups excluding carboxylic acids is 1. The van der Waals surface area contributed by atoms with Crippen LogP contribution in [0.5, 0.6) is 0 Å². The molecule has 0 bridgehead atoms. The van der Waals surface area contributed by atoms with Gasteiger partial charge in [0, 0.05) is 25.7 Å². The number of nitrogens with zero attached hydrogens (tertiary/aromatic N) is 3. The third-order valence-electron chi connectivity index (χ3n) is 3.04. The first-order valence-electron chi connectivity index (χ1n) is 5.82. The summed E-state index contributed by atoms with van der Waals surface area (Å²) in [6, 6.07) is 1.23. The third-order valence-corrected chi connectivity index (χ3v) is 3.25. The van der Waals surface area contributed by atoms with Gasteiger partial charge >= 0.3 is 0 Å². The Labute approximate surface area is 114 Å². The van der Waals surface area contributed by atoms with E-state index in [-0.39, 0.29) is 28.4 Å². The fourth-order valence-electron chi connectivity index (χ4n) is 2.04. The number of rotatable bonds is 2. The lowest BCUT2D eigenvalue weighted by molar-refractivity contribution is -0.385. The quantitative estimate of drug-likeness (QED) is 0.499. The number of hydrogen-bond donors (Lipinski definition) is 1. The average Bonchev–Trinajstić information content (AvgIpc) is 2.38. The minimum absolute atomic E-state index is 0.0150. The van der Waals surface area contributed by atoms with Crippen LogP contribution in [0.1, 0.15) is 17.3 Å². The van der Waals surface area contributed by atoms with Gasteiger partial charge < -0.3 is 10.2 Å². The molecule has 0 radical (unpaired) electrons. The van der Waals surface area contributed by atoms with Crippen LogP contribution in [-0.2, 0) is 0 Å². The first-order valence-corrected chi connectivity index (χ1v) is 6.20. The Morgan fingerprint density at radius 2 is 2.42 bits per heavy atom. The van der Waals surface area contributed by atoms with Crippen LogP contribution < -0.4 is 5.32 Å². The van der Waals surface area contributed by atoms with Crippen LogP contribution in [0.15, 0.2) is 12.3 Å². The molecule has 2 rings (SSSR count). The van der Waals surface area contributed by atoms with Gasteiger partial charge in [-0.2, -0.15) is 0 Å². The molecule has 8 heteroatoms. The maximum absolute atomic E-state index is 12.4. The summed E-state index contributed by atoms with van der Waals surface area (Å²) in [6.45, 7) is 3.73. The lowest BCUT2D eigenvalue weighted by Gasteiger charge is -2.33. The third kappa shape index (κ3) is 2.82. The molecule has 7 nitrogen and oxygen atoms in total. The van der Waals surface area contributed by atoms with E-state index in [0.29, 0.717) is 19.6 Å². The monoisotopic (exact) mass is 284 g/mol. The van der Waals surface area contributed by atoms with E-state index in [1.54, 1.807) is 4.90 Å². The van der Waals surface area contributed by atoms with Gasteiger partial charge in [0.15, 0.2) is 0 Å². The van der Waals surface area contributed by atoms with Crippen LogP contribution in [0.4, 0.5) is 5.69 Å². The molecular weight excluding hydrogens is 272 g/mol. The topological polar surface area (TPSA) is 88.4 Å². The van der Waals surface area contributed by atoms with E-state index >= 15 is 0 Å². The van der Waals surface area contributed by atoms with E-state index in [0.717, 1.165) is 6.20 Å². The molecule has 1 fully saturated rings. The normalized spacial score (nSPS) is 19.3. The van der Waals surface area contributed by atoms with E-state index in [2.05, 4.69) is 10.3 Å². The Morgan fingerprint density at radius 1 is 1.68 bits per heavy atom. The fourth-order valence-corrected chi connectivity index (χ4v) is 2.19. The zero-order valence-electron chi connectivity index (χ0n) is 10.3. The number of amides is 1. The lowest BCUT2D eigenvalue weighted by Crippen LogP contribution is -2.52. The van der Waals surface area contributed by atoms with Crippen molar-refractivity contribution in [2.45, 2.75) is 13.0 Å². The number of nitro groups is 1. The highest BCUT2D eigenvalue weighted by atomic mass is 35.5. The highest BCUT2D eigenvalue weighted by Gasteiger charge is 2.29. The van der Waals surface area contributed by atoms with E-state index < -0.39 is 4.92 Å². The van der Waals surface area contributed by atoms with E-state index in [9.17, 15) is 14.9 Å². The number of halogens is 1. The van der Waals surface area contributed by atoms with Crippen molar-refractivity contribution in [2.75, 3.05) is 19.6 Å². The van der Waals surface area contributed by atoms with Crippen LogP contribution in [0.25, 0.3) is 0 Å². The Kier molecular flexibility index (Phi) is 3.96. The van der Waals surface area contributed by atoms with Crippen LogP contribution in [0.2, 0.25) is 5.15 Å². The first kappa shape index (κ1) is 13.7. The maximum atomic E-state index is 12.4. The molecule has 2 heterocycles. The summed E-state index contributed by atoms with van der Waals surface area (Å²) in [6.07, 6.45) is 1.02. The molecule has 0 spiro atoms. The van der Waals surface area contributed by atoms with Crippen LogP contribution >= 0.6 is 11.6 Å². The molecule has 1 saturated heterocycles. The molecule has 0 saturated carbocycles. The highest BCUT2D eigenvalue weighted by Crippen LogP contribution is 2.23. The van der Waals surface area contributed by atoms with Crippen LogP contribution in [0, 0.1) is 10.1 Å². The summed E-state index contributed by atoms with van der Waals surface area (Å²) in [5, 5.41) is 14.2. The number of piperazine rings is 1. The SMILES string of the molecule is C[C@H]1CNCCN1C(=O)c1cc(Cl)ncc1[N+](=O)[O-]. The minimum Gasteiger partial charge on any atom is -0.333 e. The summed E-state index contributed by atoms with van der Waals surface area (Å²) >= 11 is 5.72. The van der Waals surface area contributed by atoms with Gasteiger partial charge in [-0.3, -0.25) is 14.9 Å². The molecule has 0 aliphatic carbocycles. The summed E-state index contributed by atoms with van der Waals surface area (Å²) < 4.78 is 0. The van der Waals surface area contributed by atoms with Gasteiger partial charge in [-0.1, -0.05) is 11.6 Å². The van der Waals surface area contributed by atoms with Crippen molar-refractivity contribution in [3.63, 3.8) is 0 Å². The molecule has 1 aliphatic heterocycles. The Morgan fingerprint density at radius 3 is 3.05 bits per heavy atom.